The van der Waals surface area contributed by atoms with Crippen LogP contribution in [0.3, 0.4) is 0 Å². The van der Waals surface area contributed by atoms with E-state index in [-0.39, 0.29) is 0 Å². The molecule has 0 atom stereocenters. The van der Waals surface area contributed by atoms with Gasteiger partial charge in [0, 0.05) is 22.5 Å². The molecule has 49 heavy (non-hydrogen) atoms. The van der Waals surface area contributed by atoms with E-state index in [1.807, 2.05) is 0 Å². The molecule has 0 bridgehead atoms. The van der Waals surface area contributed by atoms with E-state index in [1.165, 1.54) is 33.4 Å². The minimum atomic E-state index is 0.756. The molecule has 0 aliphatic rings. The summed E-state index contributed by atoms with van der Waals surface area (Å²) in [5.41, 5.74) is 34.8. The molecular weight excluding hydrogens is 593 g/mol. The second kappa shape index (κ2) is 13.0. The lowest BCUT2D eigenvalue weighted by Gasteiger charge is -2.24. The zero-order chi connectivity index (χ0) is 34.2. The Morgan fingerprint density at radius 2 is 0.612 bits per heavy atom. The van der Waals surface area contributed by atoms with Crippen molar-refractivity contribution in [1.82, 2.24) is 0 Å². The summed E-state index contributed by atoms with van der Waals surface area (Å²) in [5, 5.41) is 0. The molecule has 0 radical (unpaired) electrons. The number of anilines is 2. The first kappa shape index (κ1) is 31.7. The van der Waals surface area contributed by atoms with Gasteiger partial charge in [0.1, 0.15) is 0 Å². The number of aryl methyl sites for hydroxylation is 5. The summed E-state index contributed by atoms with van der Waals surface area (Å²) in [6, 6.07) is 50.2. The van der Waals surface area contributed by atoms with Gasteiger partial charge in [-0.2, -0.15) is 0 Å². The highest BCUT2D eigenvalue weighted by atomic mass is 14.6. The van der Waals surface area contributed by atoms with Gasteiger partial charge in [0.15, 0.2) is 0 Å². The molecule has 0 spiro atoms. The van der Waals surface area contributed by atoms with Crippen LogP contribution in [-0.2, 0) is 0 Å². The van der Waals surface area contributed by atoms with Gasteiger partial charge < -0.3 is 11.5 Å². The van der Waals surface area contributed by atoms with Crippen LogP contribution in [0.2, 0.25) is 0 Å². The van der Waals surface area contributed by atoms with Crippen molar-refractivity contribution in [3.63, 3.8) is 0 Å². The summed E-state index contributed by atoms with van der Waals surface area (Å²) < 4.78 is 0. The number of hydrogen-bond donors (Lipinski definition) is 2. The molecule has 0 saturated heterocycles. The van der Waals surface area contributed by atoms with Gasteiger partial charge in [0.2, 0.25) is 0 Å². The monoisotopic (exact) mass is 634 g/mol. The van der Waals surface area contributed by atoms with Crippen molar-refractivity contribution < 1.29 is 0 Å². The normalized spacial score (nSPS) is 11.1. The number of nitrogen functional groups attached to an aromatic ring is 2. The Morgan fingerprint density at radius 1 is 0.286 bits per heavy atom. The van der Waals surface area contributed by atoms with Gasteiger partial charge in [-0.3, -0.25) is 0 Å². The van der Waals surface area contributed by atoms with Gasteiger partial charge >= 0.3 is 0 Å². The summed E-state index contributed by atoms with van der Waals surface area (Å²) in [4.78, 5) is 0. The summed E-state index contributed by atoms with van der Waals surface area (Å²) in [7, 11) is 0. The fraction of sp³-hybridized carbons (Fsp3) is 0.106. The molecule has 0 saturated carbocycles. The van der Waals surface area contributed by atoms with Gasteiger partial charge in [0.25, 0.3) is 0 Å². The number of rotatable bonds is 6. The molecule has 0 unspecified atom stereocenters. The van der Waals surface area contributed by atoms with Gasteiger partial charge in [-0.05, 0) is 108 Å². The highest BCUT2D eigenvalue weighted by Crippen LogP contribution is 2.50. The molecule has 4 N–H and O–H groups in total. The maximum absolute atomic E-state index is 6.90. The molecular formula is C47H42N2. The number of benzene rings is 7. The van der Waals surface area contributed by atoms with Gasteiger partial charge in [-0.1, -0.05) is 150 Å². The summed E-state index contributed by atoms with van der Waals surface area (Å²) in [6.45, 7) is 10.7. The molecule has 2 heteroatoms. The molecule has 0 aliphatic carbocycles. The molecule has 7 aromatic carbocycles. The lowest BCUT2D eigenvalue weighted by Crippen LogP contribution is -2.01. The van der Waals surface area contributed by atoms with E-state index in [0.717, 1.165) is 72.6 Å². The van der Waals surface area contributed by atoms with Crippen LogP contribution < -0.4 is 11.5 Å². The molecule has 240 valence electrons. The van der Waals surface area contributed by atoms with Crippen LogP contribution >= 0.6 is 0 Å². The Kier molecular flexibility index (Phi) is 8.40. The molecule has 0 aliphatic heterocycles. The average molecular weight is 635 g/mol. The quantitative estimate of drug-likeness (QED) is 0.179. The summed E-state index contributed by atoms with van der Waals surface area (Å²) in [6.07, 6.45) is 0. The third kappa shape index (κ3) is 6.03. The Balaban J connectivity index is 1.58. The minimum absolute atomic E-state index is 0.756. The number of nitrogens with two attached hydrogens (primary N) is 2. The van der Waals surface area contributed by atoms with Crippen molar-refractivity contribution in [3.05, 3.63) is 167 Å². The van der Waals surface area contributed by atoms with E-state index in [4.69, 9.17) is 11.5 Å². The topological polar surface area (TPSA) is 52.0 Å². The molecule has 7 aromatic rings. The Morgan fingerprint density at radius 3 is 1.02 bits per heavy atom. The fourth-order valence-electron chi connectivity index (χ4n) is 7.02. The molecule has 0 amide bonds. The Hall–Kier alpha value is -5.86. The number of hydrogen-bond acceptors (Lipinski definition) is 2. The lowest BCUT2D eigenvalue weighted by molar-refractivity contribution is 1.43. The highest BCUT2D eigenvalue weighted by Gasteiger charge is 2.24. The molecule has 0 heterocycles. The van der Waals surface area contributed by atoms with Crippen molar-refractivity contribution in [2.45, 2.75) is 34.6 Å². The first-order valence-corrected chi connectivity index (χ1v) is 16.9. The van der Waals surface area contributed by atoms with Crippen LogP contribution in [0.25, 0.3) is 66.8 Å². The predicted octanol–water partition coefficient (Wildman–Crippen LogP) is 12.4. The van der Waals surface area contributed by atoms with Crippen LogP contribution in [0.4, 0.5) is 11.4 Å². The van der Waals surface area contributed by atoms with Gasteiger partial charge in [-0.25, -0.2) is 0 Å². The van der Waals surface area contributed by atoms with E-state index >= 15 is 0 Å². The van der Waals surface area contributed by atoms with Gasteiger partial charge in [0.05, 0.1) is 0 Å². The zero-order valence-electron chi connectivity index (χ0n) is 28.9. The fourth-order valence-corrected chi connectivity index (χ4v) is 7.02. The Labute approximate surface area is 290 Å². The summed E-state index contributed by atoms with van der Waals surface area (Å²) in [5.74, 6) is 0. The van der Waals surface area contributed by atoms with Crippen molar-refractivity contribution in [1.29, 1.82) is 0 Å². The third-order valence-corrected chi connectivity index (χ3v) is 9.67. The standard InChI is InChI=1S/C47H42N2/c1-29-9-17-34(18-10-29)44-39(25-27-41(48)46(44)36-21-13-31(3)14-22-36)38-8-6-7-33(5)43(38)40-26-28-42(49)47(37-23-15-32(4)16-24-37)45(40)35-19-11-30(2)12-20-35/h6-28H,48-49H2,1-5H3. The minimum Gasteiger partial charge on any atom is -0.398 e. The predicted molar refractivity (Wildman–Crippen MR) is 212 cm³/mol. The smallest absolute Gasteiger partial charge is 0.0400 e. The SMILES string of the molecule is Cc1ccc(-c2c(N)ccc(-c3cccc(C)c3-c3ccc(N)c(-c4ccc(C)cc4)c3-c3ccc(C)cc3)c2-c2ccc(C)cc2)cc1. The van der Waals surface area contributed by atoms with Crippen molar-refractivity contribution in [2.24, 2.45) is 0 Å². The molecule has 7 rings (SSSR count). The zero-order valence-corrected chi connectivity index (χ0v) is 28.9. The van der Waals surface area contributed by atoms with Crippen LogP contribution in [0.5, 0.6) is 0 Å². The van der Waals surface area contributed by atoms with E-state index in [0.29, 0.717) is 0 Å². The van der Waals surface area contributed by atoms with E-state index in [9.17, 15) is 0 Å². The molecule has 2 nitrogen and oxygen atoms in total. The van der Waals surface area contributed by atoms with E-state index < -0.39 is 0 Å². The molecule has 0 aromatic heterocycles. The van der Waals surface area contributed by atoms with Crippen LogP contribution in [0, 0.1) is 34.6 Å². The second-order valence-electron chi connectivity index (χ2n) is 13.4. The Bertz CT molecular complexity index is 2290. The first-order valence-electron chi connectivity index (χ1n) is 16.9. The second-order valence-corrected chi connectivity index (χ2v) is 13.4. The first-order chi connectivity index (χ1) is 23.7. The van der Waals surface area contributed by atoms with Crippen LogP contribution in [0.1, 0.15) is 27.8 Å². The van der Waals surface area contributed by atoms with Crippen LogP contribution in [-0.4, -0.2) is 0 Å². The van der Waals surface area contributed by atoms with Crippen molar-refractivity contribution in [3.8, 4) is 66.8 Å². The summed E-state index contributed by atoms with van der Waals surface area (Å²) >= 11 is 0. The third-order valence-electron chi connectivity index (χ3n) is 9.67. The highest BCUT2D eigenvalue weighted by molar-refractivity contribution is 6.06. The maximum Gasteiger partial charge on any atom is 0.0400 e. The van der Waals surface area contributed by atoms with E-state index in [2.05, 4.69) is 174 Å². The van der Waals surface area contributed by atoms with Crippen molar-refractivity contribution in [2.75, 3.05) is 11.5 Å². The largest absolute Gasteiger partial charge is 0.398 e. The van der Waals surface area contributed by atoms with Crippen molar-refractivity contribution >= 4 is 11.4 Å². The van der Waals surface area contributed by atoms with Gasteiger partial charge in [-0.15, -0.1) is 0 Å². The van der Waals surface area contributed by atoms with E-state index in [1.54, 1.807) is 0 Å². The van der Waals surface area contributed by atoms with Crippen LogP contribution in [0.15, 0.2) is 140 Å². The molecule has 0 fully saturated rings. The lowest BCUT2D eigenvalue weighted by atomic mass is 9.80. The maximum atomic E-state index is 6.90. The average Bonchev–Trinajstić information content (AvgIpc) is 3.10.